The van der Waals surface area contributed by atoms with Crippen LogP contribution < -0.4 is 5.32 Å². The van der Waals surface area contributed by atoms with Crippen LogP contribution in [0.25, 0.3) is 0 Å². The van der Waals surface area contributed by atoms with Gasteiger partial charge < -0.3 is 5.32 Å². The van der Waals surface area contributed by atoms with Crippen molar-refractivity contribution in [3.05, 3.63) is 11.6 Å². The number of nitrogens with one attached hydrogen (secondary N) is 1. The zero-order chi connectivity index (χ0) is 11.4. The summed E-state index contributed by atoms with van der Waals surface area (Å²) in [5.74, 6) is 2.80. The summed E-state index contributed by atoms with van der Waals surface area (Å²) in [6, 6.07) is 0. The lowest BCUT2D eigenvalue weighted by molar-refractivity contribution is 0.427. The SMILES string of the molecule is CNCCc1nc(C2CCCCC2)nn1C. The van der Waals surface area contributed by atoms with Gasteiger partial charge in [-0.25, -0.2) is 4.98 Å². The molecule has 90 valence electrons. The van der Waals surface area contributed by atoms with Crippen LogP contribution in [0, 0.1) is 0 Å². The Morgan fingerprint density at radius 3 is 2.75 bits per heavy atom. The van der Waals surface area contributed by atoms with Crippen molar-refractivity contribution in [3.63, 3.8) is 0 Å². The van der Waals surface area contributed by atoms with Gasteiger partial charge in [-0.05, 0) is 19.9 Å². The monoisotopic (exact) mass is 222 g/mol. The Balaban J connectivity index is 2.03. The highest BCUT2D eigenvalue weighted by molar-refractivity contribution is 5.00. The molecule has 1 heterocycles. The third-order valence-electron chi connectivity index (χ3n) is 3.44. The summed E-state index contributed by atoms with van der Waals surface area (Å²) in [6.45, 7) is 0.969. The Morgan fingerprint density at radius 1 is 1.31 bits per heavy atom. The number of hydrogen-bond acceptors (Lipinski definition) is 3. The highest BCUT2D eigenvalue weighted by Gasteiger charge is 2.20. The molecule has 1 aliphatic rings. The maximum Gasteiger partial charge on any atom is 0.154 e. The van der Waals surface area contributed by atoms with Crippen molar-refractivity contribution in [3.8, 4) is 0 Å². The zero-order valence-corrected chi connectivity index (χ0v) is 10.4. The summed E-state index contributed by atoms with van der Waals surface area (Å²) in [5.41, 5.74) is 0. The molecule has 0 aliphatic heterocycles. The van der Waals surface area contributed by atoms with E-state index in [2.05, 4.69) is 15.4 Å². The van der Waals surface area contributed by atoms with Crippen LogP contribution in [0.2, 0.25) is 0 Å². The van der Waals surface area contributed by atoms with E-state index in [1.807, 2.05) is 18.8 Å². The summed E-state index contributed by atoms with van der Waals surface area (Å²) >= 11 is 0. The lowest BCUT2D eigenvalue weighted by Gasteiger charge is -2.18. The quantitative estimate of drug-likeness (QED) is 0.842. The fraction of sp³-hybridized carbons (Fsp3) is 0.833. The zero-order valence-electron chi connectivity index (χ0n) is 10.4. The summed E-state index contributed by atoms with van der Waals surface area (Å²) in [6.07, 6.45) is 7.58. The van der Waals surface area contributed by atoms with Crippen molar-refractivity contribution < 1.29 is 0 Å². The number of aromatic nitrogens is 3. The third kappa shape index (κ3) is 2.61. The summed E-state index contributed by atoms with van der Waals surface area (Å²) in [7, 11) is 3.97. The molecule has 0 atom stereocenters. The number of hydrogen-bond donors (Lipinski definition) is 1. The van der Waals surface area contributed by atoms with Gasteiger partial charge in [0.25, 0.3) is 0 Å². The predicted octanol–water partition coefficient (Wildman–Crippen LogP) is 1.62. The Kier molecular flexibility index (Phi) is 3.93. The number of rotatable bonds is 4. The van der Waals surface area contributed by atoms with Crippen LogP contribution in [0.1, 0.15) is 49.7 Å². The second kappa shape index (κ2) is 5.43. The second-order valence-electron chi connectivity index (χ2n) is 4.70. The van der Waals surface area contributed by atoms with Crippen molar-refractivity contribution in [2.24, 2.45) is 7.05 Å². The van der Waals surface area contributed by atoms with Gasteiger partial charge in [0.1, 0.15) is 5.82 Å². The lowest BCUT2D eigenvalue weighted by Crippen LogP contribution is -2.13. The van der Waals surface area contributed by atoms with E-state index in [0.29, 0.717) is 5.92 Å². The molecular formula is C12H22N4. The van der Waals surface area contributed by atoms with E-state index < -0.39 is 0 Å². The molecule has 1 saturated carbocycles. The Labute approximate surface area is 97.5 Å². The standard InChI is InChI=1S/C12H22N4/c1-13-9-8-11-14-12(15-16(11)2)10-6-4-3-5-7-10/h10,13H,3-9H2,1-2H3. The van der Waals surface area contributed by atoms with Crippen molar-refractivity contribution in [1.29, 1.82) is 0 Å². The van der Waals surface area contributed by atoms with Crippen LogP contribution in [-0.2, 0) is 13.5 Å². The van der Waals surface area contributed by atoms with Gasteiger partial charge in [-0.2, -0.15) is 5.10 Å². The molecule has 0 unspecified atom stereocenters. The van der Waals surface area contributed by atoms with Crippen molar-refractivity contribution in [1.82, 2.24) is 20.1 Å². The molecule has 1 aliphatic carbocycles. The molecule has 0 bridgehead atoms. The maximum absolute atomic E-state index is 4.68. The Hall–Kier alpha value is -0.900. The van der Waals surface area contributed by atoms with Crippen LogP contribution in [0.15, 0.2) is 0 Å². The summed E-state index contributed by atoms with van der Waals surface area (Å²) in [4.78, 5) is 4.68. The highest BCUT2D eigenvalue weighted by atomic mass is 15.3. The number of aryl methyl sites for hydroxylation is 1. The van der Waals surface area contributed by atoms with Gasteiger partial charge in [0.05, 0.1) is 0 Å². The first kappa shape index (κ1) is 11.6. The molecule has 0 amide bonds. The van der Waals surface area contributed by atoms with Crippen LogP contribution in [0.5, 0.6) is 0 Å². The summed E-state index contributed by atoms with van der Waals surface area (Å²) in [5, 5.41) is 7.72. The molecular weight excluding hydrogens is 200 g/mol. The van der Waals surface area contributed by atoms with E-state index in [9.17, 15) is 0 Å². The van der Waals surface area contributed by atoms with Gasteiger partial charge >= 0.3 is 0 Å². The predicted molar refractivity (Wildman–Crippen MR) is 64.5 cm³/mol. The molecule has 1 N–H and O–H groups in total. The molecule has 0 aromatic carbocycles. The van der Waals surface area contributed by atoms with Gasteiger partial charge in [-0.3, -0.25) is 4.68 Å². The van der Waals surface area contributed by atoms with E-state index in [-0.39, 0.29) is 0 Å². The average molecular weight is 222 g/mol. The minimum absolute atomic E-state index is 0.614. The second-order valence-corrected chi connectivity index (χ2v) is 4.70. The van der Waals surface area contributed by atoms with Gasteiger partial charge in [-0.15, -0.1) is 0 Å². The van der Waals surface area contributed by atoms with Gasteiger partial charge in [-0.1, -0.05) is 19.3 Å². The largest absolute Gasteiger partial charge is 0.319 e. The number of nitrogens with zero attached hydrogens (tertiary/aromatic N) is 3. The Bertz CT molecular complexity index is 326. The van der Waals surface area contributed by atoms with E-state index in [0.717, 1.165) is 24.6 Å². The first-order valence-corrected chi connectivity index (χ1v) is 6.35. The van der Waals surface area contributed by atoms with Gasteiger partial charge in [0, 0.05) is 25.9 Å². The molecule has 4 heteroatoms. The highest BCUT2D eigenvalue weighted by Crippen LogP contribution is 2.30. The molecule has 16 heavy (non-hydrogen) atoms. The van der Waals surface area contributed by atoms with Crippen LogP contribution in [0.4, 0.5) is 0 Å². The lowest BCUT2D eigenvalue weighted by atomic mass is 9.89. The molecule has 0 saturated heterocycles. The van der Waals surface area contributed by atoms with E-state index in [1.54, 1.807) is 0 Å². The number of likely N-dealkylation sites (N-methyl/N-ethyl adjacent to an activating group) is 1. The molecule has 0 spiro atoms. The van der Waals surface area contributed by atoms with Crippen LogP contribution >= 0.6 is 0 Å². The van der Waals surface area contributed by atoms with Gasteiger partial charge in [0.15, 0.2) is 5.82 Å². The maximum atomic E-state index is 4.68. The van der Waals surface area contributed by atoms with E-state index >= 15 is 0 Å². The fourth-order valence-corrected chi connectivity index (χ4v) is 2.43. The third-order valence-corrected chi connectivity index (χ3v) is 3.44. The first-order chi connectivity index (χ1) is 7.81. The van der Waals surface area contributed by atoms with Crippen molar-refractivity contribution >= 4 is 0 Å². The van der Waals surface area contributed by atoms with E-state index in [1.165, 1.54) is 32.1 Å². The minimum atomic E-state index is 0.614. The molecule has 0 radical (unpaired) electrons. The Morgan fingerprint density at radius 2 is 2.06 bits per heavy atom. The topological polar surface area (TPSA) is 42.7 Å². The van der Waals surface area contributed by atoms with Gasteiger partial charge in [0.2, 0.25) is 0 Å². The molecule has 1 fully saturated rings. The normalized spacial score (nSPS) is 17.9. The van der Waals surface area contributed by atoms with Crippen molar-refractivity contribution in [2.75, 3.05) is 13.6 Å². The first-order valence-electron chi connectivity index (χ1n) is 6.35. The molecule has 4 nitrogen and oxygen atoms in total. The fourth-order valence-electron chi connectivity index (χ4n) is 2.43. The molecule has 1 aromatic heterocycles. The van der Waals surface area contributed by atoms with E-state index in [4.69, 9.17) is 0 Å². The van der Waals surface area contributed by atoms with Crippen LogP contribution in [-0.4, -0.2) is 28.4 Å². The summed E-state index contributed by atoms with van der Waals surface area (Å²) < 4.78 is 1.95. The molecule has 1 aromatic rings. The molecule has 2 rings (SSSR count). The average Bonchev–Trinajstić information content (AvgIpc) is 2.69. The minimum Gasteiger partial charge on any atom is -0.319 e. The van der Waals surface area contributed by atoms with Crippen LogP contribution in [0.3, 0.4) is 0 Å². The smallest absolute Gasteiger partial charge is 0.154 e. The van der Waals surface area contributed by atoms with Crippen molar-refractivity contribution in [2.45, 2.75) is 44.4 Å².